The van der Waals surface area contributed by atoms with Gasteiger partial charge in [0.1, 0.15) is 0 Å². The molecule has 0 aromatic rings. The number of ether oxygens (including phenoxy) is 1. The molecular formula is C15H34O3Si2. The van der Waals surface area contributed by atoms with E-state index in [0.29, 0.717) is 12.6 Å². The Bertz CT molecular complexity index is 325. The fourth-order valence-corrected chi connectivity index (χ4v) is 3.50. The minimum absolute atomic E-state index is 0.00814. The highest BCUT2D eigenvalue weighted by Gasteiger charge is 2.38. The Hall–Kier alpha value is -0.266. The molecule has 0 unspecified atom stereocenters. The first-order valence-electron chi connectivity index (χ1n) is 7.50. The molecule has 5 heteroatoms. The van der Waals surface area contributed by atoms with Crippen LogP contribution in [-0.4, -0.2) is 29.3 Å². The molecule has 0 aliphatic rings. The predicted octanol–water partition coefficient (Wildman–Crippen LogP) is 5.13. The van der Waals surface area contributed by atoms with E-state index >= 15 is 0 Å². The van der Waals surface area contributed by atoms with Crippen molar-refractivity contribution in [2.24, 2.45) is 0 Å². The van der Waals surface area contributed by atoms with Gasteiger partial charge in [-0.05, 0) is 51.6 Å². The van der Waals surface area contributed by atoms with Crippen LogP contribution in [0, 0.1) is 0 Å². The molecule has 1 atom stereocenters. The molecule has 0 saturated heterocycles. The molecule has 0 rings (SSSR count). The lowest BCUT2D eigenvalue weighted by Crippen LogP contribution is -2.43. The Morgan fingerprint density at radius 1 is 1.10 bits per heavy atom. The van der Waals surface area contributed by atoms with Crippen LogP contribution in [0.5, 0.6) is 0 Å². The Morgan fingerprint density at radius 2 is 1.60 bits per heavy atom. The lowest BCUT2D eigenvalue weighted by Gasteiger charge is -2.38. The zero-order chi connectivity index (χ0) is 16.2. The van der Waals surface area contributed by atoms with Crippen molar-refractivity contribution in [1.82, 2.24) is 0 Å². The van der Waals surface area contributed by atoms with E-state index in [2.05, 4.69) is 60.4 Å². The van der Waals surface area contributed by atoms with Gasteiger partial charge in [0.2, 0.25) is 8.32 Å². The van der Waals surface area contributed by atoms with Gasteiger partial charge < -0.3 is 13.6 Å². The lowest BCUT2D eigenvalue weighted by molar-refractivity contribution is 0.104. The van der Waals surface area contributed by atoms with Gasteiger partial charge in [0.15, 0.2) is 8.32 Å². The van der Waals surface area contributed by atoms with Crippen molar-refractivity contribution >= 4 is 16.6 Å². The Morgan fingerprint density at radius 3 is 1.95 bits per heavy atom. The minimum atomic E-state index is -1.76. The van der Waals surface area contributed by atoms with Crippen molar-refractivity contribution in [1.29, 1.82) is 0 Å². The molecule has 0 N–H and O–H groups in total. The monoisotopic (exact) mass is 318 g/mol. The maximum absolute atomic E-state index is 6.31. The van der Waals surface area contributed by atoms with E-state index in [1.165, 1.54) is 0 Å². The van der Waals surface area contributed by atoms with Crippen molar-refractivity contribution in [2.45, 2.75) is 78.5 Å². The van der Waals surface area contributed by atoms with E-state index in [4.69, 9.17) is 13.6 Å². The number of hydrogen-bond donors (Lipinski definition) is 0. The summed E-state index contributed by atoms with van der Waals surface area (Å²) in [7, 11) is -3.42. The second-order valence-electron chi connectivity index (χ2n) is 7.72. The summed E-state index contributed by atoms with van der Waals surface area (Å²) in [6, 6.07) is 0. The van der Waals surface area contributed by atoms with Gasteiger partial charge in [0, 0.05) is 6.08 Å². The summed E-state index contributed by atoms with van der Waals surface area (Å²) < 4.78 is 17.9. The van der Waals surface area contributed by atoms with Crippen molar-refractivity contribution in [3.63, 3.8) is 0 Å². The first kappa shape index (κ1) is 19.7. The van der Waals surface area contributed by atoms with Gasteiger partial charge in [-0.1, -0.05) is 20.8 Å². The zero-order valence-corrected chi connectivity index (χ0v) is 17.1. The summed E-state index contributed by atoms with van der Waals surface area (Å²) >= 11 is 0. The molecule has 0 spiro atoms. The molecule has 0 fully saturated rings. The Balaban J connectivity index is 4.89. The molecule has 3 nitrogen and oxygen atoms in total. The van der Waals surface area contributed by atoms with E-state index in [1.54, 1.807) is 0 Å². The second-order valence-corrected chi connectivity index (χ2v) is 16.9. The largest absolute Gasteiger partial charge is 0.520 e. The van der Waals surface area contributed by atoms with E-state index in [-0.39, 0.29) is 11.1 Å². The molecule has 0 aliphatic carbocycles. The molecule has 0 heterocycles. The van der Waals surface area contributed by atoms with Gasteiger partial charge >= 0.3 is 0 Å². The van der Waals surface area contributed by atoms with Crippen LogP contribution in [0.1, 0.15) is 34.6 Å². The molecule has 0 amide bonds. The van der Waals surface area contributed by atoms with Crippen LogP contribution < -0.4 is 0 Å². The third kappa shape index (κ3) is 7.50. The Labute approximate surface area is 128 Å². The predicted molar refractivity (Wildman–Crippen MR) is 91.9 cm³/mol. The van der Waals surface area contributed by atoms with E-state index in [9.17, 15) is 0 Å². The van der Waals surface area contributed by atoms with Crippen LogP contribution in [0.15, 0.2) is 12.0 Å². The van der Waals surface area contributed by atoms with Crippen molar-refractivity contribution in [3.05, 3.63) is 12.0 Å². The van der Waals surface area contributed by atoms with Gasteiger partial charge in [0.05, 0.1) is 12.7 Å². The van der Waals surface area contributed by atoms with Gasteiger partial charge in [-0.3, -0.25) is 0 Å². The van der Waals surface area contributed by atoms with Crippen LogP contribution in [0.2, 0.25) is 37.8 Å². The molecule has 0 saturated carbocycles. The second kappa shape index (κ2) is 7.14. The molecule has 0 aromatic carbocycles. The third-order valence-corrected chi connectivity index (χ3v) is 8.74. The molecule has 0 radical (unpaired) electrons. The molecular weight excluding hydrogens is 284 g/mol. The van der Waals surface area contributed by atoms with Crippen LogP contribution in [-0.2, 0) is 13.6 Å². The quantitative estimate of drug-likeness (QED) is 0.481. The van der Waals surface area contributed by atoms with Crippen LogP contribution in [0.4, 0.5) is 0 Å². The summed E-state index contributed by atoms with van der Waals surface area (Å²) in [5.74, 6) is 0.623. The molecule has 20 heavy (non-hydrogen) atoms. The molecule has 0 aliphatic heterocycles. The standard InChI is InChI=1S/C15H34O3Si2/c1-11-16-14(18-19(6,7)8)12-13(2)17-20(9,10)15(3,4)5/h12-13H,11H2,1-10H3/b14-12+/t13-/m1/s1. The normalized spacial score (nSPS) is 16.0. The maximum atomic E-state index is 6.31. The van der Waals surface area contributed by atoms with E-state index in [1.807, 2.05) is 13.0 Å². The highest BCUT2D eigenvalue weighted by Crippen LogP contribution is 2.37. The first-order valence-corrected chi connectivity index (χ1v) is 13.8. The van der Waals surface area contributed by atoms with Gasteiger partial charge in [-0.15, -0.1) is 0 Å². The highest BCUT2D eigenvalue weighted by atomic mass is 28.4. The SMILES string of the molecule is CCO/C(=C\[C@@H](C)O[Si](C)(C)C(C)(C)C)O[Si](C)(C)C. The van der Waals surface area contributed by atoms with E-state index < -0.39 is 16.6 Å². The number of hydrogen-bond acceptors (Lipinski definition) is 3. The van der Waals surface area contributed by atoms with Gasteiger partial charge in [-0.2, -0.15) is 0 Å². The summed E-state index contributed by atoms with van der Waals surface area (Å²) in [6.07, 6.45) is 1.98. The van der Waals surface area contributed by atoms with Crippen molar-refractivity contribution < 1.29 is 13.6 Å². The lowest BCUT2D eigenvalue weighted by atomic mass is 10.2. The van der Waals surface area contributed by atoms with Crippen LogP contribution in [0.25, 0.3) is 0 Å². The third-order valence-electron chi connectivity index (χ3n) is 3.35. The highest BCUT2D eigenvalue weighted by molar-refractivity contribution is 6.74. The summed E-state index contributed by atoms with van der Waals surface area (Å²) in [4.78, 5) is 0. The van der Waals surface area contributed by atoms with Crippen LogP contribution >= 0.6 is 0 Å². The fourth-order valence-electron chi connectivity index (χ4n) is 1.42. The Kier molecular flexibility index (Phi) is 7.04. The fraction of sp³-hybridized carbons (Fsp3) is 0.867. The average molecular weight is 319 g/mol. The smallest absolute Gasteiger partial charge is 0.263 e. The van der Waals surface area contributed by atoms with Gasteiger partial charge in [0.25, 0.3) is 5.95 Å². The van der Waals surface area contributed by atoms with Gasteiger partial charge in [-0.25, -0.2) is 0 Å². The summed E-state index contributed by atoms with van der Waals surface area (Å²) in [5, 5.41) is 0.209. The van der Waals surface area contributed by atoms with Crippen molar-refractivity contribution in [2.75, 3.05) is 6.61 Å². The van der Waals surface area contributed by atoms with E-state index in [0.717, 1.165) is 0 Å². The summed E-state index contributed by atoms with van der Waals surface area (Å²) in [6.45, 7) is 22.4. The average Bonchev–Trinajstić information content (AvgIpc) is 2.11. The topological polar surface area (TPSA) is 27.7 Å². The first-order chi connectivity index (χ1) is 8.78. The number of rotatable bonds is 7. The molecule has 120 valence electrons. The van der Waals surface area contributed by atoms with Crippen LogP contribution in [0.3, 0.4) is 0 Å². The maximum Gasteiger partial charge on any atom is 0.263 e. The molecule has 0 aromatic heterocycles. The zero-order valence-electron chi connectivity index (χ0n) is 15.1. The minimum Gasteiger partial charge on any atom is -0.520 e. The molecule has 0 bridgehead atoms. The summed E-state index contributed by atoms with van der Waals surface area (Å²) in [5.41, 5.74) is 0. The van der Waals surface area contributed by atoms with Crippen molar-refractivity contribution in [3.8, 4) is 0 Å².